The maximum Gasteiger partial charge on any atom is 0.264 e. The molecule has 0 fully saturated rings. The van der Waals surface area contributed by atoms with E-state index in [4.69, 9.17) is 0 Å². The number of benzene rings is 2. The molecule has 0 bridgehead atoms. The summed E-state index contributed by atoms with van der Waals surface area (Å²) in [5.41, 5.74) is 2.63. The zero-order valence-electron chi connectivity index (χ0n) is 12.3. The van der Waals surface area contributed by atoms with Crippen molar-refractivity contribution in [2.45, 2.75) is 25.7 Å². The van der Waals surface area contributed by atoms with Crippen molar-refractivity contribution in [2.75, 3.05) is 10.8 Å². The predicted octanol–water partition coefficient (Wildman–Crippen LogP) is 4.28. The highest BCUT2D eigenvalue weighted by molar-refractivity contribution is 9.10. The lowest BCUT2D eigenvalue weighted by Crippen LogP contribution is -2.30. The van der Waals surface area contributed by atoms with Crippen LogP contribution in [-0.4, -0.2) is 15.0 Å². The van der Waals surface area contributed by atoms with Gasteiger partial charge in [0.1, 0.15) is 0 Å². The van der Waals surface area contributed by atoms with E-state index in [9.17, 15) is 8.42 Å². The van der Waals surface area contributed by atoms with Crippen LogP contribution in [0.5, 0.6) is 0 Å². The number of anilines is 1. The molecule has 0 aliphatic rings. The second-order valence-electron chi connectivity index (χ2n) is 4.92. The summed E-state index contributed by atoms with van der Waals surface area (Å²) in [5, 5.41) is 0. The van der Waals surface area contributed by atoms with Gasteiger partial charge in [-0.1, -0.05) is 28.1 Å². The van der Waals surface area contributed by atoms with Crippen molar-refractivity contribution < 1.29 is 8.42 Å². The topological polar surface area (TPSA) is 37.4 Å². The normalized spacial score (nSPS) is 11.4. The largest absolute Gasteiger partial charge is 0.267 e. The van der Waals surface area contributed by atoms with Gasteiger partial charge in [0, 0.05) is 11.0 Å². The van der Waals surface area contributed by atoms with Gasteiger partial charge in [-0.25, -0.2) is 8.42 Å². The number of hydrogen-bond acceptors (Lipinski definition) is 2. The Labute approximate surface area is 134 Å². The van der Waals surface area contributed by atoms with Gasteiger partial charge in [0.15, 0.2) is 0 Å². The molecule has 0 aliphatic heterocycles. The quantitative estimate of drug-likeness (QED) is 0.808. The molecule has 0 unspecified atom stereocenters. The van der Waals surface area contributed by atoms with Crippen molar-refractivity contribution in [1.29, 1.82) is 0 Å². The van der Waals surface area contributed by atoms with Crippen LogP contribution in [-0.2, 0) is 10.0 Å². The second-order valence-corrected chi connectivity index (χ2v) is 7.64. The van der Waals surface area contributed by atoms with Gasteiger partial charge in [-0.05, 0) is 62.2 Å². The van der Waals surface area contributed by atoms with E-state index in [1.54, 1.807) is 18.2 Å². The molecular formula is C16H18BrNO2S. The Hall–Kier alpha value is -1.33. The number of nitrogens with zero attached hydrogens (tertiary/aromatic N) is 1. The van der Waals surface area contributed by atoms with E-state index in [1.807, 2.05) is 45.0 Å². The van der Waals surface area contributed by atoms with Crippen molar-refractivity contribution in [3.05, 3.63) is 58.1 Å². The Morgan fingerprint density at radius 2 is 1.81 bits per heavy atom. The van der Waals surface area contributed by atoms with E-state index in [2.05, 4.69) is 15.9 Å². The van der Waals surface area contributed by atoms with Gasteiger partial charge in [-0.15, -0.1) is 0 Å². The monoisotopic (exact) mass is 367 g/mol. The van der Waals surface area contributed by atoms with E-state index in [-0.39, 0.29) is 0 Å². The first-order valence-electron chi connectivity index (χ1n) is 6.72. The molecule has 0 aliphatic carbocycles. The molecule has 21 heavy (non-hydrogen) atoms. The van der Waals surface area contributed by atoms with Crippen LogP contribution >= 0.6 is 15.9 Å². The molecule has 3 nitrogen and oxygen atoms in total. The van der Waals surface area contributed by atoms with Crippen LogP contribution < -0.4 is 4.31 Å². The summed E-state index contributed by atoms with van der Waals surface area (Å²) in [7, 11) is -3.55. The Kier molecular flexibility index (Phi) is 4.74. The zero-order valence-corrected chi connectivity index (χ0v) is 14.7. The molecule has 2 aromatic rings. The fourth-order valence-electron chi connectivity index (χ4n) is 2.18. The van der Waals surface area contributed by atoms with Gasteiger partial charge in [-0.3, -0.25) is 4.31 Å². The van der Waals surface area contributed by atoms with Gasteiger partial charge in [0.05, 0.1) is 10.6 Å². The van der Waals surface area contributed by atoms with Gasteiger partial charge in [0.2, 0.25) is 0 Å². The highest BCUT2D eigenvalue weighted by Gasteiger charge is 2.23. The van der Waals surface area contributed by atoms with Crippen LogP contribution in [0.25, 0.3) is 0 Å². The fraction of sp³-hybridized carbons (Fsp3) is 0.250. The first-order chi connectivity index (χ1) is 9.86. The van der Waals surface area contributed by atoms with E-state index < -0.39 is 10.0 Å². The molecule has 0 heterocycles. The van der Waals surface area contributed by atoms with Crippen LogP contribution in [0.3, 0.4) is 0 Å². The number of aryl methyl sites for hydroxylation is 2. The summed E-state index contributed by atoms with van der Waals surface area (Å²) >= 11 is 3.40. The minimum atomic E-state index is -3.55. The molecule has 0 amide bonds. The molecule has 0 atom stereocenters. The molecule has 2 aromatic carbocycles. The number of hydrogen-bond donors (Lipinski definition) is 0. The molecule has 0 spiro atoms. The molecule has 112 valence electrons. The van der Waals surface area contributed by atoms with Gasteiger partial charge in [0.25, 0.3) is 10.0 Å². The maximum atomic E-state index is 12.8. The van der Waals surface area contributed by atoms with Crippen molar-refractivity contribution in [3.63, 3.8) is 0 Å². The van der Waals surface area contributed by atoms with E-state index in [1.165, 1.54) is 4.31 Å². The predicted molar refractivity (Wildman–Crippen MR) is 90.3 cm³/mol. The Morgan fingerprint density at radius 3 is 2.38 bits per heavy atom. The first kappa shape index (κ1) is 16.0. The summed E-state index contributed by atoms with van der Waals surface area (Å²) in [4.78, 5) is 0.312. The summed E-state index contributed by atoms with van der Waals surface area (Å²) in [6, 6.07) is 12.6. The molecular weight excluding hydrogens is 350 g/mol. The van der Waals surface area contributed by atoms with Crippen molar-refractivity contribution in [1.82, 2.24) is 0 Å². The van der Waals surface area contributed by atoms with E-state index in [0.29, 0.717) is 17.1 Å². The number of rotatable bonds is 4. The van der Waals surface area contributed by atoms with Crippen LogP contribution in [0.4, 0.5) is 5.69 Å². The minimum Gasteiger partial charge on any atom is -0.267 e. The fourth-order valence-corrected chi connectivity index (χ4v) is 3.98. The molecule has 5 heteroatoms. The maximum absolute atomic E-state index is 12.8. The van der Waals surface area contributed by atoms with Gasteiger partial charge >= 0.3 is 0 Å². The highest BCUT2D eigenvalue weighted by atomic mass is 79.9. The smallest absolute Gasteiger partial charge is 0.264 e. The zero-order chi connectivity index (χ0) is 15.6. The summed E-state index contributed by atoms with van der Waals surface area (Å²) in [6.45, 7) is 6.06. The lowest BCUT2D eigenvalue weighted by molar-refractivity contribution is 0.591. The first-order valence-corrected chi connectivity index (χ1v) is 8.95. The second kappa shape index (κ2) is 6.20. The SMILES string of the molecule is CCN(c1cccc(C)c1)S(=O)(=O)c1ccc(Br)c(C)c1. The number of sulfonamides is 1. The molecule has 0 saturated carbocycles. The lowest BCUT2D eigenvalue weighted by Gasteiger charge is -2.23. The molecule has 0 radical (unpaired) electrons. The third-order valence-corrected chi connectivity index (χ3v) is 6.08. The van der Waals surface area contributed by atoms with Crippen LogP contribution in [0, 0.1) is 13.8 Å². The lowest BCUT2D eigenvalue weighted by atomic mass is 10.2. The van der Waals surface area contributed by atoms with Crippen LogP contribution in [0.15, 0.2) is 51.8 Å². The van der Waals surface area contributed by atoms with E-state index >= 15 is 0 Å². The summed E-state index contributed by atoms with van der Waals surface area (Å²) < 4.78 is 28.0. The highest BCUT2D eigenvalue weighted by Crippen LogP contribution is 2.26. The van der Waals surface area contributed by atoms with Crippen molar-refractivity contribution in [2.24, 2.45) is 0 Å². The van der Waals surface area contributed by atoms with Crippen molar-refractivity contribution in [3.8, 4) is 0 Å². The minimum absolute atomic E-state index is 0.312. The Bertz CT molecular complexity index is 757. The Morgan fingerprint density at radius 1 is 1.10 bits per heavy atom. The van der Waals surface area contributed by atoms with Crippen LogP contribution in [0.1, 0.15) is 18.1 Å². The van der Waals surface area contributed by atoms with E-state index in [0.717, 1.165) is 15.6 Å². The Balaban J connectivity index is 2.51. The number of halogens is 1. The molecule has 0 saturated heterocycles. The third-order valence-electron chi connectivity index (χ3n) is 3.29. The third kappa shape index (κ3) is 3.30. The van der Waals surface area contributed by atoms with Gasteiger partial charge in [-0.2, -0.15) is 0 Å². The molecule has 0 N–H and O–H groups in total. The standard InChI is InChI=1S/C16H18BrNO2S/c1-4-18(14-7-5-6-12(2)10-14)21(19,20)15-8-9-16(17)13(3)11-15/h5-11H,4H2,1-3H3. The summed E-state index contributed by atoms with van der Waals surface area (Å²) in [6.07, 6.45) is 0. The average molecular weight is 368 g/mol. The molecule has 0 aromatic heterocycles. The average Bonchev–Trinajstić information content (AvgIpc) is 2.42. The van der Waals surface area contributed by atoms with Gasteiger partial charge < -0.3 is 0 Å². The van der Waals surface area contributed by atoms with Crippen LogP contribution in [0.2, 0.25) is 0 Å². The van der Waals surface area contributed by atoms with Crippen molar-refractivity contribution >= 4 is 31.6 Å². The summed E-state index contributed by atoms with van der Waals surface area (Å²) in [5.74, 6) is 0. The molecule has 2 rings (SSSR count).